The van der Waals surface area contributed by atoms with Crippen molar-refractivity contribution >= 4 is 11.4 Å². The van der Waals surface area contributed by atoms with E-state index in [0.717, 1.165) is 16.9 Å². The minimum Gasteiger partial charge on any atom is -0.398 e. The lowest BCUT2D eigenvalue weighted by Crippen LogP contribution is -2.11. The first kappa shape index (κ1) is 11.8. The Kier molecular flexibility index (Phi) is 4.93. The van der Waals surface area contributed by atoms with Gasteiger partial charge in [0.05, 0.1) is 19.8 Å². The van der Waals surface area contributed by atoms with Crippen molar-refractivity contribution in [1.29, 1.82) is 0 Å². The van der Waals surface area contributed by atoms with E-state index in [4.69, 9.17) is 15.6 Å². The Bertz CT molecular complexity index is 303. The number of aliphatic hydroxyl groups excluding tert-OH is 1. The molecule has 4 nitrogen and oxygen atoms in total. The van der Waals surface area contributed by atoms with Crippen LogP contribution in [0.4, 0.5) is 11.4 Å². The first-order valence-corrected chi connectivity index (χ1v) is 5.02. The predicted molar refractivity (Wildman–Crippen MR) is 62.0 cm³/mol. The molecule has 0 unspecified atom stereocenters. The van der Waals surface area contributed by atoms with Crippen LogP contribution in [0.1, 0.15) is 5.56 Å². The highest BCUT2D eigenvalue weighted by atomic mass is 16.5. The zero-order chi connectivity index (χ0) is 11.1. The normalized spacial score (nSPS) is 10.3. The van der Waals surface area contributed by atoms with Crippen molar-refractivity contribution < 1.29 is 9.84 Å². The molecular formula is C11H18N2O2. The maximum atomic E-state index is 8.49. The first-order valence-electron chi connectivity index (χ1n) is 5.02. The molecule has 1 aromatic rings. The van der Waals surface area contributed by atoms with Crippen molar-refractivity contribution in [1.82, 2.24) is 0 Å². The highest BCUT2D eigenvalue weighted by Crippen LogP contribution is 2.16. The Morgan fingerprint density at radius 3 is 2.87 bits per heavy atom. The van der Waals surface area contributed by atoms with Gasteiger partial charge in [-0.3, -0.25) is 0 Å². The van der Waals surface area contributed by atoms with E-state index in [2.05, 4.69) is 5.32 Å². The number of ether oxygens (including phenoxy) is 1. The molecule has 4 N–H and O–H groups in total. The minimum atomic E-state index is 0.0669. The van der Waals surface area contributed by atoms with Crippen molar-refractivity contribution in [3.05, 3.63) is 23.8 Å². The molecule has 0 amide bonds. The molecule has 0 aromatic heterocycles. The van der Waals surface area contributed by atoms with Crippen LogP contribution in [0.5, 0.6) is 0 Å². The third-order valence-corrected chi connectivity index (χ3v) is 2.09. The summed E-state index contributed by atoms with van der Waals surface area (Å²) in [5, 5.41) is 11.7. The van der Waals surface area contributed by atoms with Crippen LogP contribution < -0.4 is 11.1 Å². The van der Waals surface area contributed by atoms with Gasteiger partial charge in [0.1, 0.15) is 0 Å². The average Bonchev–Trinajstić information content (AvgIpc) is 2.23. The van der Waals surface area contributed by atoms with E-state index in [1.54, 1.807) is 0 Å². The van der Waals surface area contributed by atoms with E-state index in [1.807, 2.05) is 25.1 Å². The number of hydrogen-bond acceptors (Lipinski definition) is 4. The van der Waals surface area contributed by atoms with Crippen molar-refractivity contribution in [3.8, 4) is 0 Å². The molecule has 0 atom stereocenters. The maximum Gasteiger partial charge on any atom is 0.0698 e. The SMILES string of the molecule is Cc1ccc(NCCOCCO)cc1N. The fourth-order valence-electron chi connectivity index (χ4n) is 1.18. The molecule has 0 saturated carbocycles. The van der Waals surface area contributed by atoms with Crippen molar-refractivity contribution in [2.45, 2.75) is 6.92 Å². The number of aryl methyl sites for hydroxylation is 1. The lowest BCUT2D eigenvalue weighted by molar-refractivity contribution is 0.0992. The number of anilines is 2. The maximum absolute atomic E-state index is 8.49. The van der Waals surface area contributed by atoms with Gasteiger partial charge in [0.15, 0.2) is 0 Å². The molecule has 15 heavy (non-hydrogen) atoms. The molecule has 0 spiro atoms. The highest BCUT2D eigenvalue weighted by molar-refractivity contribution is 5.58. The fraction of sp³-hybridized carbons (Fsp3) is 0.455. The predicted octanol–water partition coefficient (Wildman–Crippen LogP) is 0.998. The van der Waals surface area contributed by atoms with Crippen molar-refractivity contribution in [2.24, 2.45) is 0 Å². The third kappa shape index (κ3) is 4.18. The molecule has 0 saturated heterocycles. The Balaban J connectivity index is 2.28. The number of nitrogens with one attached hydrogen (secondary N) is 1. The third-order valence-electron chi connectivity index (χ3n) is 2.09. The number of aliphatic hydroxyl groups is 1. The molecule has 0 bridgehead atoms. The summed E-state index contributed by atoms with van der Waals surface area (Å²) in [5.74, 6) is 0. The number of nitrogens with two attached hydrogens (primary N) is 1. The van der Waals surface area contributed by atoms with Gasteiger partial charge in [-0.25, -0.2) is 0 Å². The molecular weight excluding hydrogens is 192 g/mol. The summed E-state index contributed by atoms with van der Waals surface area (Å²) < 4.78 is 5.11. The molecule has 0 fully saturated rings. The van der Waals surface area contributed by atoms with Gasteiger partial charge in [0.25, 0.3) is 0 Å². The van der Waals surface area contributed by atoms with E-state index in [1.165, 1.54) is 0 Å². The molecule has 0 aliphatic rings. The summed E-state index contributed by atoms with van der Waals surface area (Å²) in [5.41, 5.74) is 8.63. The average molecular weight is 210 g/mol. The second-order valence-electron chi connectivity index (χ2n) is 3.33. The summed E-state index contributed by atoms with van der Waals surface area (Å²) in [4.78, 5) is 0. The Labute approximate surface area is 90.1 Å². The molecule has 0 aliphatic carbocycles. The second kappa shape index (κ2) is 6.27. The summed E-state index contributed by atoms with van der Waals surface area (Å²) >= 11 is 0. The molecule has 1 rings (SSSR count). The number of hydrogen-bond donors (Lipinski definition) is 3. The highest BCUT2D eigenvalue weighted by Gasteiger charge is 1.95. The first-order chi connectivity index (χ1) is 7.24. The smallest absolute Gasteiger partial charge is 0.0698 e. The largest absolute Gasteiger partial charge is 0.398 e. The molecule has 84 valence electrons. The molecule has 1 aromatic carbocycles. The summed E-state index contributed by atoms with van der Waals surface area (Å²) in [6.45, 7) is 3.72. The van der Waals surface area contributed by atoms with Gasteiger partial charge in [0.2, 0.25) is 0 Å². The van der Waals surface area contributed by atoms with E-state index in [-0.39, 0.29) is 6.61 Å². The summed E-state index contributed by atoms with van der Waals surface area (Å²) in [7, 11) is 0. The van der Waals surface area contributed by atoms with Crippen LogP contribution in [0.3, 0.4) is 0 Å². The Morgan fingerprint density at radius 2 is 2.20 bits per heavy atom. The van der Waals surface area contributed by atoms with Crippen LogP contribution in [-0.2, 0) is 4.74 Å². The second-order valence-corrected chi connectivity index (χ2v) is 3.33. The zero-order valence-electron chi connectivity index (χ0n) is 8.99. The van der Waals surface area contributed by atoms with E-state index < -0.39 is 0 Å². The molecule has 0 radical (unpaired) electrons. The number of nitrogen functional groups attached to an aromatic ring is 1. The van der Waals surface area contributed by atoms with Gasteiger partial charge < -0.3 is 20.9 Å². The van der Waals surface area contributed by atoms with Crippen LogP contribution in [0.25, 0.3) is 0 Å². The quantitative estimate of drug-likeness (QED) is 0.484. The molecule has 0 heterocycles. The van der Waals surface area contributed by atoms with Gasteiger partial charge in [-0.2, -0.15) is 0 Å². The van der Waals surface area contributed by atoms with Gasteiger partial charge in [-0.05, 0) is 24.6 Å². The topological polar surface area (TPSA) is 67.5 Å². The van der Waals surface area contributed by atoms with E-state index >= 15 is 0 Å². The van der Waals surface area contributed by atoms with E-state index in [0.29, 0.717) is 19.8 Å². The molecule has 4 heteroatoms. The minimum absolute atomic E-state index is 0.0669. The standard InChI is InChI=1S/C11H18N2O2/c1-9-2-3-10(8-11(9)12)13-4-6-15-7-5-14/h2-3,8,13-14H,4-7,12H2,1H3. The lowest BCUT2D eigenvalue weighted by Gasteiger charge is -2.08. The Morgan fingerprint density at radius 1 is 1.40 bits per heavy atom. The van der Waals surface area contributed by atoms with Crippen LogP contribution >= 0.6 is 0 Å². The van der Waals surface area contributed by atoms with Gasteiger partial charge in [-0.15, -0.1) is 0 Å². The fourth-order valence-corrected chi connectivity index (χ4v) is 1.18. The molecule has 0 aliphatic heterocycles. The van der Waals surface area contributed by atoms with Crippen LogP contribution in [0.15, 0.2) is 18.2 Å². The van der Waals surface area contributed by atoms with Crippen LogP contribution in [0, 0.1) is 6.92 Å². The summed E-state index contributed by atoms with van der Waals surface area (Å²) in [6.07, 6.45) is 0. The Hall–Kier alpha value is -1.26. The van der Waals surface area contributed by atoms with Crippen LogP contribution in [0.2, 0.25) is 0 Å². The number of rotatable bonds is 6. The summed E-state index contributed by atoms with van der Waals surface area (Å²) in [6, 6.07) is 5.87. The number of benzene rings is 1. The van der Waals surface area contributed by atoms with Crippen molar-refractivity contribution in [2.75, 3.05) is 37.4 Å². The van der Waals surface area contributed by atoms with Gasteiger partial charge in [0, 0.05) is 17.9 Å². The van der Waals surface area contributed by atoms with Gasteiger partial charge in [-0.1, -0.05) is 6.07 Å². The zero-order valence-corrected chi connectivity index (χ0v) is 8.99. The lowest BCUT2D eigenvalue weighted by atomic mass is 10.2. The van der Waals surface area contributed by atoms with Gasteiger partial charge >= 0.3 is 0 Å². The monoisotopic (exact) mass is 210 g/mol. The van der Waals surface area contributed by atoms with Crippen molar-refractivity contribution in [3.63, 3.8) is 0 Å². The van der Waals surface area contributed by atoms with E-state index in [9.17, 15) is 0 Å². The van der Waals surface area contributed by atoms with Crippen LogP contribution in [-0.4, -0.2) is 31.5 Å².